The van der Waals surface area contributed by atoms with Gasteiger partial charge >= 0.3 is 6.03 Å². The fourth-order valence-electron chi connectivity index (χ4n) is 2.93. The van der Waals surface area contributed by atoms with E-state index in [1.165, 1.54) is 12.1 Å². The number of piperidine rings is 1. The minimum atomic E-state index is -0.785. The molecule has 0 aliphatic carbocycles. The van der Waals surface area contributed by atoms with Crippen molar-refractivity contribution in [2.75, 3.05) is 18.4 Å². The number of carbonyl (C=O) groups excluding carboxylic acids is 2. The van der Waals surface area contributed by atoms with Crippen LogP contribution in [0.4, 0.5) is 16.2 Å². The van der Waals surface area contributed by atoms with Crippen LogP contribution in [0.3, 0.4) is 0 Å². The SMILES string of the molecule is NC(=O)Nc1cc(-c2cccc([N+](=O)[O-])c2)sc1C(=O)NC1CCCNC1. The Kier molecular flexibility index (Phi) is 5.67. The fraction of sp³-hybridized carbons (Fsp3) is 0.294. The number of amides is 3. The first-order valence-electron chi connectivity index (χ1n) is 8.40. The van der Waals surface area contributed by atoms with Crippen molar-refractivity contribution in [3.8, 4) is 10.4 Å². The molecule has 3 amide bonds. The molecule has 2 aromatic rings. The number of anilines is 1. The van der Waals surface area contributed by atoms with Crippen LogP contribution in [0.1, 0.15) is 22.5 Å². The molecule has 2 heterocycles. The third-order valence-corrected chi connectivity index (χ3v) is 5.35. The molecule has 1 aliphatic heterocycles. The topological polar surface area (TPSA) is 139 Å². The molecule has 1 aliphatic rings. The van der Waals surface area contributed by atoms with Crippen LogP contribution in [-0.2, 0) is 0 Å². The van der Waals surface area contributed by atoms with Crippen LogP contribution in [-0.4, -0.2) is 36.0 Å². The molecule has 1 aromatic heterocycles. The maximum atomic E-state index is 12.7. The van der Waals surface area contributed by atoms with Crippen molar-refractivity contribution in [3.63, 3.8) is 0 Å². The number of benzene rings is 1. The molecule has 1 aromatic carbocycles. The Hall–Kier alpha value is -2.98. The van der Waals surface area contributed by atoms with Crippen LogP contribution < -0.4 is 21.7 Å². The predicted molar refractivity (Wildman–Crippen MR) is 103 cm³/mol. The summed E-state index contributed by atoms with van der Waals surface area (Å²) in [5.74, 6) is -0.311. The zero-order chi connectivity index (χ0) is 19.4. The Labute approximate surface area is 159 Å². The lowest BCUT2D eigenvalue weighted by atomic mass is 10.1. The molecule has 0 bridgehead atoms. The van der Waals surface area contributed by atoms with Crippen LogP contribution in [0, 0.1) is 10.1 Å². The minimum absolute atomic E-state index is 0.0102. The molecule has 0 saturated carbocycles. The molecule has 0 radical (unpaired) electrons. The Morgan fingerprint density at radius 3 is 2.81 bits per heavy atom. The molecule has 142 valence electrons. The Bertz CT molecular complexity index is 876. The molecule has 1 saturated heterocycles. The first-order chi connectivity index (χ1) is 12.9. The summed E-state index contributed by atoms with van der Waals surface area (Å²) < 4.78 is 0. The molecule has 3 rings (SSSR count). The lowest BCUT2D eigenvalue weighted by Crippen LogP contribution is -2.45. The van der Waals surface area contributed by atoms with Gasteiger partial charge in [-0.15, -0.1) is 11.3 Å². The lowest BCUT2D eigenvalue weighted by Gasteiger charge is -2.23. The van der Waals surface area contributed by atoms with Gasteiger partial charge in [0, 0.05) is 29.6 Å². The highest BCUT2D eigenvalue weighted by molar-refractivity contribution is 7.18. The summed E-state index contributed by atoms with van der Waals surface area (Å²) in [6.45, 7) is 1.62. The van der Waals surface area contributed by atoms with Gasteiger partial charge in [0.2, 0.25) is 0 Å². The largest absolute Gasteiger partial charge is 0.351 e. The van der Waals surface area contributed by atoms with Crippen molar-refractivity contribution in [1.82, 2.24) is 10.6 Å². The van der Waals surface area contributed by atoms with Gasteiger partial charge in [-0.2, -0.15) is 0 Å². The predicted octanol–water partition coefficient (Wildman–Crippen LogP) is 2.30. The van der Waals surface area contributed by atoms with Crippen molar-refractivity contribution >= 4 is 34.6 Å². The summed E-state index contributed by atoms with van der Waals surface area (Å²) in [4.78, 5) is 35.5. The van der Waals surface area contributed by atoms with E-state index >= 15 is 0 Å². The molecular formula is C17H19N5O4S. The van der Waals surface area contributed by atoms with Gasteiger partial charge < -0.3 is 21.7 Å². The Morgan fingerprint density at radius 1 is 1.33 bits per heavy atom. The van der Waals surface area contributed by atoms with Crippen molar-refractivity contribution in [1.29, 1.82) is 0 Å². The van der Waals surface area contributed by atoms with Gasteiger partial charge in [-0.25, -0.2) is 4.79 Å². The maximum Gasteiger partial charge on any atom is 0.316 e. The van der Waals surface area contributed by atoms with E-state index in [0.717, 1.165) is 30.7 Å². The zero-order valence-corrected chi connectivity index (χ0v) is 15.2. The number of non-ortho nitro benzene ring substituents is 1. The second-order valence-electron chi connectivity index (χ2n) is 6.17. The van der Waals surface area contributed by atoms with Gasteiger partial charge in [0.05, 0.1) is 10.6 Å². The second-order valence-corrected chi connectivity index (χ2v) is 7.22. The number of primary amides is 1. The summed E-state index contributed by atoms with van der Waals surface area (Å²) in [5, 5.41) is 19.6. The van der Waals surface area contributed by atoms with E-state index in [9.17, 15) is 19.7 Å². The smallest absolute Gasteiger partial charge is 0.316 e. The van der Waals surface area contributed by atoms with Crippen molar-refractivity contribution in [3.05, 3.63) is 45.3 Å². The Morgan fingerprint density at radius 2 is 2.15 bits per heavy atom. The summed E-state index contributed by atoms with van der Waals surface area (Å²) in [5.41, 5.74) is 6.03. The number of nitrogens with zero attached hydrogens (tertiary/aromatic N) is 1. The number of nitro benzene ring substituents is 1. The standard InChI is InChI=1S/C17H19N5O4S/c18-17(24)21-13-8-14(10-3-1-5-12(7-10)22(25)26)27-15(13)16(23)20-11-4-2-6-19-9-11/h1,3,5,7-8,11,19H,2,4,6,9H2,(H,20,23)(H3,18,21,24). The van der Waals surface area contributed by atoms with E-state index in [0.29, 0.717) is 21.9 Å². The van der Waals surface area contributed by atoms with Crippen molar-refractivity contribution in [2.45, 2.75) is 18.9 Å². The van der Waals surface area contributed by atoms with Gasteiger partial charge in [-0.3, -0.25) is 14.9 Å². The summed E-state index contributed by atoms with van der Waals surface area (Å²) in [6, 6.07) is 6.92. The number of nitrogens with two attached hydrogens (primary N) is 1. The lowest BCUT2D eigenvalue weighted by molar-refractivity contribution is -0.384. The van der Waals surface area contributed by atoms with E-state index in [2.05, 4.69) is 16.0 Å². The molecule has 1 fully saturated rings. The van der Waals surface area contributed by atoms with E-state index in [1.807, 2.05) is 0 Å². The maximum absolute atomic E-state index is 12.7. The molecule has 1 unspecified atom stereocenters. The van der Waals surface area contributed by atoms with Crippen LogP contribution in [0.2, 0.25) is 0 Å². The summed E-state index contributed by atoms with van der Waals surface area (Å²) >= 11 is 1.15. The highest BCUT2D eigenvalue weighted by Gasteiger charge is 2.22. The van der Waals surface area contributed by atoms with Crippen LogP contribution in [0.25, 0.3) is 10.4 Å². The van der Waals surface area contributed by atoms with Crippen molar-refractivity contribution in [2.24, 2.45) is 5.73 Å². The van der Waals surface area contributed by atoms with E-state index in [4.69, 9.17) is 5.73 Å². The van der Waals surface area contributed by atoms with Gasteiger partial charge in [-0.1, -0.05) is 12.1 Å². The molecule has 0 spiro atoms. The average Bonchev–Trinajstić information content (AvgIpc) is 3.06. The monoisotopic (exact) mass is 389 g/mol. The average molecular weight is 389 g/mol. The number of urea groups is 1. The molecule has 5 N–H and O–H groups in total. The van der Waals surface area contributed by atoms with E-state index in [-0.39, 0.29) is 23.3 Å². The number of hydrogen-bond donors (Lipinski definition) is 4. The van der Waals surface area contributed by atoms with Crippen LogP contribution >= 0.6 is 11.3 Å². The minimum Gasteiger partial charge on any atom is -0.351 e. The van der Waals surface area contributed by atoms with Crippen LogP contribution in [0.5, 0.6) is 0 Å². The number of rotatable bonds is 5. The Balaban J connectivity index is 1.90. The molecular weight excluding hydrogens is 370 g/mol. The normalized spacial score (nSPS) is 16.5. The van der Waals surface area contributed by atoms with Gasteiger partial charge in [0.25, 0.3) is 11.6 Å². The van der Waals surface area contributed by atoms with Gasteiger partial charge in [-0.05, 0) is 31.0 Å². The zero-order valence-electron chi connectivity index (χ0n) is 14.4. The third-order valence-electron chi connectivity index (χ3n) is 4.17. The highest BCUT2D eigenvalue weighted by atomic mass is 32.1. The van der Waals surface area contributed by atoms with Crippen molar-refractivity contribution < 1.29 is 14.5 Å². The quantitative estimate of drug-likeness (QED) is 0.459. The molecule has 1 atom stereocenters. The summed E-state index contributed by atoms with van der Waals surface area (Å²) in [7, 11) is 0. The number of nitrogens with one attached hydrogen (secondary N) is 3. The molecule has 27 heavy (non-hydrogen) atoms. The summed E-state index contributed by atoms with van der Waals surface area (Å²) in [6.07, 6.45) is 1.85. The van der Waals surface area contributed by atoms with E-state index in [1.54, 1.807) is 18.2 Å². The molecule has 9 nitrogen and oxygen atoms in total. The molecule has 10 heteroatoms. The number of carbonyl (C=O) groups is 2. The van der Waals surface area contributed by atoms with Gasteiger partial charge in [0.15, 0.2) is 0 Å². The number of thiophene rings is 1. The first kappa shape index (κ1) is 18.8. The number of hydrogen-bond acceptors (Lipinski definition) is 6. The van der Waals surface area contributed by atoms with E-state index < -0.39 is 11.0 Å². The highest BCUT2D eigenvalue weighted by Crippen LogP contribution is 2.36. The third kappa shape index (κ3) is 4.60. The second kappa shape index (κ2) is 8.14. The fourth-order valence-corrected chi connectivity index (χ4v) is 3.94. The van der Waals surface area contributed by atoms with Gasteiger partial charge in [0.1, 0.15) is 4.88 Å². The first-order valence-corrected chi connectivity index (χ1v) is 9.22. The van der Waals surface area contributed by atoms with Crippen LogP contribution in [0.15, 0.2) is 30.3 Å². The number of nitro groups is 1.